The zero-order valence-electron chi connectivity index (χ0n) is 14.1. The van der Waals surface area contributed by atoms with Crippen molar-refractivity contribution in [1.29, 1.82) is 0 Å². The van der Waals surface area contributed by atoms with Crippen molar-refractivity contribution in [3.63, 3.8) is 0 Å². The van der Waals surface area contributed by atoms with Crippen LogP contribution in [0.5, 0.6) is 0 Å². The Labute approximate surface area is 140 Å². The van der Waals surface area contributed by atoms with Gasteiger partial charge in [-0.25, -0.2) is 0 Å². The molecule has 2 aromatic carbocycles. The van der Waals surface area contributed by atoms with E-state index in [1.807, 2.05) is 0 Å². The summed E-state index contributed by atoms with van der Waals surface area (Å²) in [6.07, 6.45) is 7.32. The maximum atomic E-state index is 3.94. The Hall–Kier alpha value is -2.02. The third-order valence-corrected chi connectivity index (χ3v) is 5.09. The molecule has 0 aliphatic heterocycles. The fourth-order valence-electron chi connectivity index (χ4n) is 3.62. The van der Waals surface area contributed by atoms with Gasteiger partial charge in [0.2, 0.25) is 0 Å². The molecule has 0 amide bonds. The van der Waals surface area contributed by atoms with Gasteiger partial charge in [0.1, 0.15) is 0 Å². The van der Waals surface area contributed by atoms with Gasteiger partial charge in [-0.1, -0.05) is 42.5 Å². The highest BCUT2D eigenvalue weighted by Gasteiger charge is 2.20. The van der Waals surface area contributed by atoms with Gasteiger partial charge in [0.05, 0.1) is 0 Å². The molecule has 0 unspecified atom stereocenters. The first-order chi connectivity index (χ1) is 11.3. The smallest absolute Gasteiger partial charge is 0.0340 e. The van der Waals surface area contributed by atoms with Crippen molar-refractivity contribution < 1.29 is 0 Å². The van der Waals surface area contributed by atoms with E-state index in [2.05, 4.69) is 73.4 Å². The van der Waals surface area contributed by atoms with Gasteiger partial charge in [-0.05, 0) is 73.3 Å². The molecule has 1 N–H and O–H groups in total. The molecule has 2 aromatic rings. The van der Waals surface area contributed by atoms with Crippen LogP contribution in [0.25, 0.3) is 11.1 Å². The monoisotopic (exact) mass is 305 g/mol. The molecule has 1 aliphatic rings. The van der Waals surface area contributed by atoms with Crippen LogP contribution in [0.3, 0.4) is 0 Å². The van der Waals surface area contributed by atoms with E-state index in [0.717, 1.165) is 18.4 Å². The molecule has 0 heterocycles. The number of anilines is 1. The highest BCUT2D eigenvalue weighted by atomic mass is 14.8. The van der Waals surface area contributed by atoms with Crippen LogP contribution in [0.2, 0.25) is 0 Å². The van der Waals surface area contributed by atoms with Crippen LogP contribution in [-0.2, 0) is 0 Å². The summed E-state index contributed by atoms with van der Waals surface area (Å²) >= 11 is 0. The van der Waals surface area contributed by atoms with Gasteiger partial charge in [0.25, 0.3) is 0 Å². The molecular weight excluding hydrogens is 278 g/mol. The van der Waals surface area contributed by atoms with E-state index in [4.69, 9.17) is 0 Å². The summed E-state index contributed by atoms with van der Waals surface area (Å²) in [6.45, 7) is 7.02. The number of hydrogen-bond donors (Lipinski definition) is 1. The van der Waals surface area contributed by atoms with E-state index in [-0.39, 0.29) is 0 Å². The van der Waals surface area contributed by atoms with Crippen LogP contribution in [0.15, 0.2) is 61.2 Å². The lowest BCUT2D eigenvalue weighted by Crippen LogP contribution is -2.11. The average molecular weight is 305 g/mol. The van der Waals surface area contributed by atoms with E-state index in [0.29, 0.717) is 0 Å². The van der Waals surface area contributed by atoms with Crippen molar-refractivity contribution in [2.75, 3.05) is 11.9 Å². The number of nitrogens with one attached hydrogen (secondary N) is 1. The van der Waals surface area contributed by atoms with Crippen molar-refractivity contribution in [2.24, 2.45) is 5.92 Å². The molecular formula is C22H27N. The number of hydrogen-bond acceptors (Lipinski definition) is 1. The molecule has 120 valence electrons. The summed E-state index contributed by atoms with van der Waals surface area (Å²) < 4.78 is 0. The highest BCUT2D eigenvalue weighted by molar-refractivity contribution is 5.66. The molecule has 23 heavy (non-hydrogen) atoms. The topological polar surface area (TPSA) is 12.0 Å². The summed E-state index contributed by atoms with van der Waals surface area (Å²) in [4.78, 5) is 0. The molecule has 0 aromatic heterocycles. The number of rotatable bonds is 5. The average Bonchev–Trinajstić information content (AvgIpc) is 2.63. The van der Waals surface area contributed by atoms with Crippen LogP contribution < -0.4 is 5.32 Å². The molecule has 0 spiro atoms. The molecule has 0 bridgehead atoms. The molecule has 1 nitrogen and oxygen atoms in total. The fourth-order valence-corrected chi connectivity index (χ4v) is 3.62. The lowest BCUT2D eigenvalue weighted by atomic mass is 9.78. The Balaban J connectivity index is 1.68. The largest absolute Gasteiger partial charge is 0.385 e. The van der Waals surface area contributed by atoms with Gasteiger partial charge in [0.15, 0.2) is 0 Å². The number of allylic oxidation sites excluding steroid dienone is 1. The van der Waals surface area contributed by atoms with Gasteiger partial charge in [0, 0.05) is 12.2 Å². The van der Waals surface area contributed by atoms with E-state index in [1.54, 1.807) is 0 Å². The maximum absolute atomic E-state index is 3.94. The SMILES string of the molecule is C=CC1CCC(c2ccc(-c3ccc(NCC)cc3)cc2)CC1. The van der Waals surface area contributed by atoms with Crippen LogP contribution in [0.1, 0.15) is 44.1 Å². The first-order valence-electron chi connectivity index (χ1n) is 8.87. The second kappa shape index (κ2) is 7.50. The standard InChI is InChI=1S/C22H27N/c1-3-17-5-7-18(8-6-17)19-9-11-20(12-10-19)21-13-15-22(16-14-21)23-4-2/h3,9-18,23H,1,4-8H2,2H3. The van der Waals surface area contributed by atoms with Crippen molar-refractivity contribution in [3.8, 4) is 11.1 Å². The van der Waals surface area contributed by atoms with Gasteiger partial charge in [-0.2, -0.15) is 0 Å². The minimum absolute atomic E-state index is 0.733. The molecule has 1 fully saturated rings. The number of benzene rings is 2. The van der Waals surface area contributed by atoms with Crippen molar-refractivity contribution in [1.82, 2.24) is 0 Å². The predicted molar refractivity (Wildman–Crippen MR) is 101 cm³/mol. The summed E-state index contributed by atoms with van der Waals surface area (Å²) in [5, 5.41) is 3.34. The molecule has 1 heteroatoms. The first-order valence-corrected chi connectivity index (χ1v) is 8.87. The predicted octanol–water partition coefficient (Wildman–Crippen LogP) is 6.25. The lowest BCUT2D eigenvalue weighted by Gasteiger charge is -2.27. The molecule has 0 radical (unpaired) electrons. The van der Waals surface area contributed by atoms with E-state index >= 15 is 0 Å². The van der Waals surface area contributed by atoms with Crippen LogP contribution >= 0.6 is 0 Å². The molecule has 1 saturated carbocycles. The highest BCUT2D eigenvalue weighted by Crippen LogP contribution is 2.36. The quantitative estimate of drug-likeness (QED) is 0.644. The molecule has 1 aliphatic carbocycles. The Morgan fingerprint density at radius 2 is 1.48 bits per heavy atom. The Bertz CT molecular complexity index is 616. The van der Waals surface area contributed by atoms with Gasteiger partial charge < -0.3 is 5.32 Å². The van der Waals surface area contributed by atoms with Crippen LogP contribution in [0.4, 0.5) is 5.69 Å². The summed E-state index contributed by atoms with van der Waals surface area (Å²) in [6, 6.07) is 17.9. The normalized spacial score (nSPS) is 20.9. The Morgan fingerprint density at radius 1 is 0.913 bits per heavy atom. The minimum atomic E-state index is 0.733. The van der Waals surface area contributed by atoms with Crippen LogP contribution in [0, 0.1) is 5.92 Å². The second-order valence-corrected chi connectivity index (χ2v) is 6.58. The summed E-state index contributed by atoms with van der Waals surface area (Å²) in [5.41, 5.74) is 5.28. The van der Waals surface area contributed by atoms with Crippen molar-refractivity contribution in [3.05, 3.63) is 66.7 Å². The van der Waals surface area contributed by atoms with Crippen molar-refractivity contribution in [2.45, 2.75) is 38.5 Å². The Kier molecular flexibility index (Phi) is 5.17. The van der Waals surface area contributed by atoms with E-state index < -0.39 is 0 Å². The molecule has 0 saturated heterocycles. The first kappa shape index (κ1) is 15.9. The molecule has 0 atom stereocenters. The summed E-state index contributed by atoms with van der Waals surface area (Å²) in [5.74, 6) is 1.47. The zero-order chi connectivity index (χ0) is 16.1. The van der Waals surface area contributed by atoms with Crippen LogP contribution in [-0.4, -0.2) is 6.54 Å². The van der Waals surface area contributed by atoms with Gasteiger partial charge in [-0.15, -0.1) is 6.58 Å². The van der Waals surface area contributed by atoms with Crippen molar-refractivity contribution >= 4 is 5.69 Å². The van der Waals surface area contributed by atoms with E-state index in [1.165, 1.54) is 48.1 Å². The molecule has 3 rings (SSSR count). The lowest BCUT2D eigenvalue weighted by molar-refractivity contribution is 0.376. The maximum Gasteiger partial charge on any atom is 0.0340 e. The second-order valence-electron chi connectivity index (χ2n) is 6.58. The third-order valence-electron chi connectivity index (χ3n) is 5.09. The fraction of sp³-hybridized carbons (Fsp3) is 0.364. The Morgan fingerprint density at radius 3 is 2.00 bits per heavy atom. The van der Waals surface area contributed by atoms with Gasteiger partial charge in [-0.3, -0.25) is 0 Å². The van der Waals surface area contributed by atoms with Gasteiger partial charge >= 0.3 is 0 Å². The third kappa shape index (κ3) is 3.85. The van der Waals surface area contributed by atoms with E-state index in [9.17, 15) is 0 Å². The zero-order valence-corrected chi connectivity index (χ0v) is 14.1. The summed E-state index contributed by atoms with van der Waals surface area (Å²) in [7, 11) is 0. The minimum Gasteiger partial charge on any atom is -0.385 e.